The number of nitrogens with zero attached hydrogens (tertiary/aromatic N) is 4. The predicted molar refractivity (Wildman–Crippen MR) is 99.0 cm³/mol. The van der Waals surface area contributed by atoms with Crippen LogP contribution in [-0.2, 0) is 18.3 Å². The van der Waals surface area contributed by atoms with Gasteiger partial charge in [-0.2, -0.15) is 5.10 Å². The molecule has 0 unspecified atom stereocenters. The summed E-state index contributed by atoms with van der Waals surface area (Å²) in [5, 5.41) is 4.40. The standard InChI is InChI=1S/C20H28N4O2/c1-15-13-22-23(2)17(15)14-24-11-9-20(25-3)8-7-16(12-18(20)24)26-19-6-4-5-10-21-19/h4-6,10,13,16,18H,7-9,11-12,14H2,1-3H3/t16-,18-,20+/m0/s1. The molecule has 0 amide bonds. The number of methoxy groups -OCH3 is 1. The van der Waals surface area contributed by atoms with E-state index in [4.69, 9.17) is 9.47 Å². The van der Waals surface area contributed by atoms with Crippen LogP contribution in [0.15, 0.2) is 30.6 Å². The van der Waals surface area contributed by atoms with Crippen molar-refractivity contribution in [3.63, 3.8) is 0 Å². The fourth-order valence-corrected chi connectivity index (χ4v) is 4.63. The van der Waals surface area contributed by atoms with Crippen LogP contribution in [0.4, 0.5) is 0 Å². The number of aryl methyl sites for hydroxylation is 2. The lowest BCUT2D eigenvalue weighted by molar-refractivity contribution is -0.0845. The molecule has 140 valence electrons. The number of rotatable bonds is 5. The number of aromatic nitrogens is 3. The maximum absolute atomic E-state index is 6.17. The SMILES string of the molecule is CO[C@@]12CC[C@H](Oc3ccccn3)C[C@@H]1N(Cc1c(C)cnn1C)CC2. The van der Waals surface area contributed by atoms with Gasteiger partial charge < -0.3 is 9.47 Å². The van der Waals surface area contributed by atoms with Gasteiger partial charge in [0, 0.05) is 52.0 Å². The van der Waals surface area contributed by atoms with Crippen molar-refractivity contribution >= 4 is 0 Å². The molecule has 3 atom stereocenters. The van der Waals surface area contributed by atoms with Crippen LogP contribution in [-0.4, -0.2) is 51.1 Å². The second-order valence-electron chi connectivity index (χ2n) is 7.59. The lowest BCUT2D eigenvalue weighted by Gasteiger charge is -2.43. The maximum Gasteiger partial charge on any atom is 0.213 e. The summed E-state index contributed by atoms with van der Waals surface area (Å²) in [6.07, 6.45) is 8.02. The number of hydrogen-bond donors (Lipinski definition) is 0. The van der Waals surface area contributed by atoms with Gasteiger partial charge >= 0.3 is 0 Å². The third-order valence-electron chi connectivity index (χ3n) is 6.20. The Balaban J connectivity index is 1.51. The molecule has 1 saturated heterocycles. The van der Waals surface area contributed by atoms with Crippen LogP contribution in [0, 0.1) is 6.92 Å². The van der Waals surface area contributed by atoms with Gasteiger partial charge in [0.15, 0.2) is 0 Å². The van der Waals surface area contributed by atoms with Gasteiger partial charge in [0.1, 0.15) is 6.10 Å². The van der Waals surface area contributed by atoms with Crippen molar-refractivity contribution in [2.45, 2.75) is 56.9 Å². The molecule has 2 aliphatic rings. The predicted octanol–water partition coefficient (Wildman–Crippen LogP) is 2.71. The second-order valence-corrected chi connectivity index (χ2v) is 7.59. The van der Waals surface area contributed by atoms with Crippen molar-refractivity contribution in [2.24, 2.45) is 7.05 Å². The summed E-state index contributed by atoms with van der Waals surface area (Å²) >= 11 is 0. The van der Waals surface area contributed by atoms with Gasteiger partial charge in [-0.3, -0.25) is 9.58 Å². The minimum atomic E-state index is -0.0452. The topological polar surface area (TPSA) is 52.4 Å². The fourth-order valence-electron chi connectivity index (χ4n) is 4.63. The molecule has 6 heteroatoms. The van der Waals surface area contributed by atoms with Gasteiger partial charge in [-0.25, -0.2) is 4.98 Å². The summed E-state index contributed by atoms with van der Waals surface area (Å²) in [6.45, 7) is 4.10. The largest absolute Gasteiger partial charge is 0.474 e. The van der Waals surface area contributed by atoms with Crippen molar-refractivity contribution in [1.29, 1.82) is 0 Å². The highest BCUT2D eigenvalue weighted by Gasteiger charge is 2.51. The zero-order chi connectivity index (χ0) is 18.1. The lowest BCUT2D eigenvalue weighted by Crippen LogP contribution is -2.52. The van der Waals surface area contributed by atoms with Gasteiger partial charge in [-0.15, -0.1) is 0 Å². The molecule has 1 saturated carbocycles. The Morgan fingerprint density at radius 1 is 1.31 bits per heavy atom. The number of pyridine rings is 1. The third kappa shape index (κ3) is 3.12. The lowest BCUT2D eigenvalue weighted by atomic mass is 9.79. The van der Waals surface area contributed by atoms with Crippen molar-refractivity contribution < 1.29 is 9.47 Å². The van der Waals surface area contributed by atoms with E-state index in [9.17, 15) is 0 Å². The van der Waals surface area contributed by atoms with Gasteiger partial charge in [0.2, 0.25) is 5.88 Å². The summed E-state index contributed by atoms with van der Waals surface area (Å²) in [5.74, 6) is 0.717. The summed E-state index contributed by atoms with van der Waals surface area (Å²) in [7, 11) is 3.89. The quantitative estimate of drug-likeness (QED) is 0.824. The highest BCUT2D eigenvalue weighted by molar-refractivity contribution is 5.17. The van der Waals surface area contributed by atoms with Crippen LogP contribution >= 0.6 is 0 Å². The Kier molecular flexibility index (Phi) is 4.71. The molecule has 3 heterocycles. The highest BCUT2D eigenvalue weighted by Crippen LogP contribution is 2.43. The van der Waals surface area contributed by atoms with E-state index in [2.05, 4.69) is 21.9 Å². The smallest absolute Gasteiger partial charge is 0.213 e. The zero-order valence-corrected chi connectivity index (χ0v) is 15.9. The van der Waals surface area contributed by atoms with E-state index < -0.39 is 0 Å². The van der Waals surface area contributed by atoms with Crippen LogP contribution in [0.25, 0.3) is 0 Å². The molecule has 2 aromatic rings. The Labute approximate surface area is 155 Å². The van der Waals surface area contributed by atoms with Crippen LogP contribution in [0.3, 0.4) is 0 Å². The van der Waals surface area contributed by atoms with Crippen LogP contribution in [0.5, 0.6) is 5.88 Å². The molecular formula is C20H28N4O2. The molecule has 0 N–H and O–H groups in total. The first-order chi connectivity index (χ1) is 12.6. The summed E-state index contributed by atoms with van der Waals surface area (Å²) in [6, 6.07) is 6.18. The van der Waals surface area contributed by atoms with Crippen molar-refractivity contribution in [1.82, 2.24) is 19.7 Å². The molecular weight excluding hydrogens is 328 g/mol. The molecule has 0 radical (unpaired) electrons. The van der Waals surface area contributed by atoms with Crippen molar-refractivity contribution in [2.75, 3.05) is 13.7 Å². The van der Waals surface area contributed by atoms with E-state index >= 15 is 0 Å². The summed E-state index contributed by atoms with van der Waals surface area (Å²) < 4.78 is 14.2. The number of hydrogen-bond acceptors (Lipinski definition) is 5. The van der Waals surface area contributed by atoms with Crippen molar-refractivity contribution in [3.8, 4) is 5.88 Å². The van der Waals surface area contributed by atoms with E-state index in [0.29, 0.717) is 6.04 Å². The molecule has 0 bridgehead atoms. The molecule has 0 aromatic carbocycles. The molecule has 1 aliphatic carbocycles. The average molecular weight is 356 g/mol. The van der Waals surface area contributed by atoms with Gasteiger partial charge in [-0.05, 0) is 37.8 Å². The van der Waals surface area contributed by atoms with E-state index in [1.807, 2.05) is 43.2 Å². The first kappa shape index (κ1) is 17.5. The first-order valence-corrected chi connectivity index (χ1v) is 9.46. The van der Waals surface area contributed by atoms with E-state index in [1.165, 1.54) is 11.3 Å². The minimum absolute atomic E-state index is 0.0452. The normalized spacial score (nSPS) is 28.9. The van der Waals surface area contributed by atoms with Gasteiger partial charge in [-0.1, -0.05) is 6.07 Å². The molecule has 4 rings (SSSR count). The average Bonchev–Trinajstić information content (AvgIpc) is 3.18. The zero-order valence-electron chi connectivity index (χ0n) is 15.9. The molecule has 2 aromatic heterocycles. The van der Waals surface area contributed by atoms with E-state index in [1.54, 1.807) is 6.20 Å². The fraction of sp³-hybridized carbons (Fsp3) is 0.600. The summed E-state index contributed by atoms with van der Waals surface area (Å²) in [5.41, 5.74) is 2.49. The Morgan fingerprint density at radius 2 is 2.19 bits per heavy atom. The Hall–Kier alpha value is -1.92. The van der Waals surface area contributed by atoms with E-state index in [-0.39, 0.29) is 11.7 Å². The Bertz CT molecular complexity index is 728. The van der Waals surface area contributed by atoms with Gasteiger partial charge in [0.25, 0.3) is 0 Å². The molecule has 6 nitrogen and oxygen atoms in total. The van der Waals surface area contributed by atoms with Crippen LogP contribution in [0.1, 0.15) is 36.9 Å². The van der Waals surface area contributed by atoms with Crippen LogP contribution < -0.4 is 4.74 Å². The molecule has 1 aliphatic heterocycles. The van der Waals surface area contributed by atoms with Crippen molar-refractivity contribution in [3.05, 3.63) is 41.9 Å². The van der Waals surface area contributed by atoms with E-state index in [0.717, 1.165) is 44.7 Å². The highest BCUT2D eigenvalue weighted by atomic mass is 16.5. The first-order valence-electron chi connectivity index (χ1n) is 9.46. The monoisotopic (exact) mass is 356 g/mol. The van der Waals surface area contributed by atoms with Gasteiger partial charge in [0.05, 0.1) is 17.5 Å². The minimum Gasteiger partial charge on any atom is -0.474 e. The second kappa shape index (κ2) is 7.00. The molecule has 26 heavy (non-hydrogen) atoms. The molecule has 0 spiro atoms. The molecule has 2 fully saturated rings. The number of fused-ring (bicyclic) bond motifs is 1. The maximum atomic E-state index is 6.17. The number of ether oxygens (including phenoxy) is 2. The Morgan fingerprint density at radius 3 is 2.88 bits per heavy atom. The third-order valence-corrected chi connectivity index (χ3v) is 6.20. The number of likely N-dealkylation sites (tertiary alicyclic amines) is 1. The van der Waals surface area contributed by atoms with Crippen LogP contribution in [0.2, 0.25) is 0 Å². The summed E-state index contributed by atoms with van der Waals surface area (Å²) in [4.78, 5) is 6.88.